The summed E-state index contributed by atoms with van der Waals surface area (Å²) in [5.74, 6) is 3.24. The van der Waals surface area contributed by atoms with Crippen LogP contribution in [-0.4, -0.2) is 51.5 Å². The fraction of sp³-hybridized carbons (Fsp3) is 0.526. The molecule has 2 aromatic heterocycles. The summed E-state index contributed by atoms with van der Waals surface area (Å²) in [6, 6.07) is 6.01. The van der Waals surface area contributed by atoms with E-state index < -0.39 is 0 Å². The SMILES string of the molecule is Cc1nc(N2CCN(C(=O)C3CCCC3)CC2)cc(-n2cccc2)n1. The molecule has 132 valence electrons. The second-order valence-electron chi connectivity index (χ2n) is 7.02. The number of hydrogen-bond donors (Lipinski definition) is 0. The molecule has 0 radical (unpaired) electrons. The molecule has 6 nitrogen and oxygen atoms in total. The van der Waals surface area contributed by atoms with Gasteiger partial charge in [-0.1, -0.05) is 12.8 Å². The zero-order valence-electron chi connectivity index (χ0n) is 14.8. The zero-order chi connectivity index (χ0) is 17.2. The van der Waals surface area contributed by atoms with E-state index >= 15 is 0 Å². The smallest absolute Gasteiger partial charge is 0.225 e. The highest BCUT2D eigenvalue weighted by Crippen LogP contribution is 2.27. The molecular formula is C19H25N5O. The third-order valence-corrected chi connectivity index (χ3v) is 5.30. The average Bonchev–Trinajstić information content (AvgIpc) is 3.34. The number of hydrogen-bond acceptors (Lipinski definition) is 4. The lowest BCUT2D eigenvalue weighted by atomic mass is 10.1. The first kappa shape index (κ1) is 16.1. The van der Waals surface area contributed by atoms with Crippen molar-refractivity contribution in [2.45, 2.75) is 32.6 Å². The van der Waals surface area contributed by atoms with Crippen molar-refractivity contribution in [3.05, 3.63) is 36.4 Å². The Kier molecular flexibility index (Phi) is 4.42. The molecule has 2 fully saturated rings. The van der Waals surface area contributed by atoms with Gasteiger partial charge in [0.25, 0.3) is 0 Å². The lowest BCUT2D eigenvalue weighted by Gasteiger charge is -2.36. The number of carbonyl (C=O) groups excluding carboxylic acids is 1. The summed E-state index contributed by atoms with van der Waals surface area (Å²) in [6.45, 7) is 5.17. The van der Waals surface area contributed by atoms with E-state index in [1.54, 1.807) is 0 Å². The van der Waals surface area contributed by atoms with Gasteiger partial charge in [0.1, 0.15) is 17.5 Å². The van der Waals surface area contributed by atoms with Crippen molar-refractivity contribution in [3.63, 3.8) is 0 Å². The third-order valence-electron chi connectivity index (χ3n) is 5.30. The molecule has 1 aliphatic heterocycles. The maximum atomic E-state index is 12.6. The normalized spacial score (nSPS) is 18.8. The monoisotopic (exact) mass is 339 g/mol. The summed E-state index contributed by atoms with van der Waals surface area (Å²) in [6.07, 6.45) is 8.54. The highest BCUT2D eigenvalue weighted by Gasteiger charge is 2.29. The summed E-state index contributed by atoms with van der Waals surface area (Å²) in [4.78, 5) is 26.0. The minimum absolute atomic E-state index is 0.271. The largest absolute Gasteiger partial charge is 0.353 e. The summed E-state index contributed by atoms with van der Waals surface area (Å²) >= 11 is 0. The molecule has 2 aliphatic rings. The number of aryl methyl sites for hydroxylation is 1. The van der Waals surface area contributed by atoms with Crippen LogP contribution in [0.4, 0.5) is 5.82 Å². The number of aromatic nitrogens is 3. The fourth-order valence-electron chi connectivity index (χ4n) is 3.90. The van der Waals surface area contributed by atoms with Crippen molar-refractivity contribution < 1.29 is 4.79 Å². The topological polar surface area (TPSA) is 54.3 Å². The second kappa shape index (κ2) is 6.86. The second-order valence-corrected chi connectivity index (χ2v) is 7.02. The molecule has 4 rings (SSSR count). The minimum atomic E-state index is 0.271. The molecule has 0 N–H and O–H groups in total. The van der Waals surface area contributed by atoms with Crippen molar-refractivity contribution in [1.82, 2.24) is 19.4 Å². The molecule has 1 saturated heterocycles. The lowest BCUT2D eigenvalue weighted by Crippen LogP contribution is -2.50. The molecule has 25 heavy (non-hydrogen) atoms. The van der Waals surface area contributed by atoms with E-state index in [2.05, 4.69) is 14.9 Å². The van der Waals surface area contributed by atoms with Gasteiger partial charge in [-0.3, -0.25) is 4.79 Å². The van der Waals surface area contributed by atoms with Gasteiger partial charge in [0.2, 0.25) is 5.91 Å². The van der Waals surface area contributed by atoms with Crippen molar-refractivity contribution in [2.75, 3.05) is 31.1 Å². The van der Waals surface area contributed by atoms with Crippen molar-refractivity contribution in [2.24, 2.45) is 5.92 Å². The predicted molar refractivity (Wildman–Crippen MR) is 96.8 cm³/mol. The van der Waals surface area contributed by atoms with Gasteiger partial charge in [-0.2, -0.15) is 0 Å². The van der Waals surface area contributed by atoms with Crippen LogP contribution in [0, 0.1) is 12.8 Å². The van der Waals surface area contributed by atoms with Gasteiger partial charge in [-0.15, -0.1) is 0 Å². The lowest BCUT2D eigenvalue weighted by molar-refractivity contribution is -0.135. The Hall–Kier alpha value is -2.37. The fourth-order valence-corrected chi connectivity index (χ4v) is 3.90. The molecular weight excluding hydrogens is 314 g/mol. The first-order valence-electron chi connectivity index (χ1n) is 9.23. The minimum Gasteiger partial charge on any atom is -0.353 e. The van der Waals surface area contributed by atoms with Crippen LogP contribution in [0.3, 0.4) is 0 Å². The van der Waals surface area contributed by atoms with E-state index in [9.17, 15) is 4.79 Å². The van der Waals surface area contributed by atoms with Crippen LogP contribution in [0.25, 0.3) is 5.82 Å². The average molecular weight is 339 g/mol. The molecule has 3 heterocycles. The Morgan fingerprint density at radius 2 is 1.64 bits per heavy atom. The number of rotatable bonds is 3. The molecule has 0 bridgehead atoms. The van der Waals surface area contributed by atoms with E-state index in [4.69, 9.17) is 0 Å². The number of nitrogens with zero attached hydrogens (tertiary/aromatic N) is 5. The highest BCUT2D eigenvalue weighted by atomic mass is 16.2. The Morgan fingerprint density at radius 1 is 1.00 bits per heavy atom. The van der Waals surface area contributed by atoms with Crippen molar-refractivity contribution in [1.29, 1.82) is 0 Å². The summed E-state index contributed by atoms with van der Waals surface area (Å²) in [5, 5.41) is 0. The van der Waals surface area contributed by atoms with Gasteiger partial charge in [-0.05, 0) is 31.9 Å². The standard InChI is InChI=1S/C19H25N5O/c1-15-20-17(22-8-4-5-9-22)14-18(21-15)23-10-12-24(13-11-23)19(25)16-6-2-3-7-16/h4-5,8-9,14,16H,2-3,6-7,10-13H2,1H3. The Labute approximate surface area is 148 Å². The molecule has 0 aromatic carbocycles. The van der Waals surface area contributed by atoms with Crippen LogP contribution >= 0.6 is 0 Å². The molecule has 1 amide bonds. The molecule has 0 spiro atoms. The maximum absolute atomic E-state index is 12.6. The molecule has 6 heteroatoms. The number of amides is 1. The molecule has 1 saturated carbocycles. The van der Waals surface area contributed by atoms with E-state index in [1.807, 2.05) is 47.0 Å². The van der Waals surface area contributed by atoms with Gasteiger partial charge >= 0.3 is 0 Å². The van der Waals surface area contributed by atoms with Crippen LogP contribution in [0.1, 0.15) is 31.5 Å². The van der Waals surface area contributed by atoms with Crippen molar-refractivity contribution >= 4 is 11.7 Å². The summed E-state index contributed by atoms with van der Waals surface area (Å²) in [7, 11) is 0. The van der Waals surface area contributed by atoms with Gasteiger partial charge in [0.05, 0.1) is 0 Å². The van der Waals surface area contributed by atoms with Gasteiger partial charge in [-0.25, -0.2) is 9.97 Å². The van der Waals surface area contributed by atoms with Gasteiger partial charge < -0.3 is 14.4 Å². The van der Waals surface area contributed by atoms with Crippen LogP contribution in [-0.2, 0) is 4.79 Å². The van der Waals surface area contributed by atoms with E-state index in [1.165, 1.54) is 12.8 Å². The third kappa shape index (κ3) is 3.38. The zero-order valence-corrected chi connectivity index (χ0v) is 14.8. The first-order valence-corrected chi connectivity index (χ1v) is 9.23. The molecule has 1 aliphatic carbocycles. The number of carbonyl (C=O) groups is 1. The van der Waals surface area contributed by atoms with E-state index in [0.717, 1.165) is 56.5 Å². The van der Waals surface area contributed by atoms with E-state index in [0.29, 0.717) is 5.91 Å². The quantitative estimate of drug-likeness (QED) is 0.862. The van der Waals surface area contributed by atoms with Crippen LogP contribution < -0.4 is 4.90 Å². The summed E-state index contributed by atoms with van der Waals surface area (Å²) < 4.78 is 2.00. The van der Waals surface area contributed by atoms with Gasteiger partial charge in [0.15, 0.2) is 0 Å². The number of anilines is 1. The Morgan fingerprint density at radius 3 is 2.32 bits per heavy atom. The van der Waals surface area contributed by atoms with Crippen molar-refractivity contribution in [3.8, 4) is 5.82 Å². The van der Waals surface area contributed by atoms with Gasteiger partial charge in [0, 0.05) is 50.6 Å². The van der Waals surface area contributed by atoms with Crippen LogP contribution in [0.15, 0.2) is 30.6 Å². The Balaban J connectivity index is 1.45. The molecule has 0 unspecified atom stereocenters. The Bertz CT molecular complexity index is 728. The highest BCUT2D eigenvalue weighted by molar-refractivity contribution is 5.79. The number of piperazine rings is 1. The first-order chi connectivity index (χ1) is 12.2. The maximum Gasteiger partial charge on any atom is 0.225 e. The molecule has 2 aromatic rings. The predicted octanol–water partition coefficient (Wildman–Crippen LogP) is 2.41. The summed E-state index contributed by atoms with van der Waals surface area (Å²) in [5.41, 5.74) is 0. The van der Waals surface area contributed by atoms with Crippen LogP contribution in [0.5, 0.6) is 0 Å². The van der Waals surface area contributed by atoms with Crippen LogP contribution in [0.2, 0.25) is 0 Å². The molecule has 0 atom stereocenters. The van der Waals surface area contributed by atoms with E-state index in [-0.39, 0.29) is 5.92 Å².